The van der Waals surface area contributed by atoms with Crippen molar-refractivity contribution >= 4 is 11.8 Å². The first kappa shape index (κ1) is 18.6. The van der Waals surface area contributed by atoms with Gasteiger partial charge in [0.2, 0.25) is 0 Å². The highest BCUT2D eigenvalue weighted by atomic mass is 32.2. The monoisotopic (exact) mass is 380 g/mol. The third kappa shape index (κ3) is 4.21. The summed E-state index contributed by atoms with van der Waals surface area (Å²) in [5.41, 5.74) is 9.05. The fraction of sp³-hybridized carbons (Fsp3) is 0.111. The molecule has 0 spiro atoms. The van der Waals surface area contributed by atoms with Gasteiger partial charge < -0.3 is 0 Å². The van der Waals surface area contributed by atoms with Crippen LogP contribution in [0, 0.1) is 20.8 Å². The molecule has 0 atom stereocenters. The highest BCUT2D eigenvalue weighted by Crippen LogP contribution is 2.32. The van der Waals surface area contributed by atoms with Crippen LogP contribution in [0.5, 0.6) is 0 Å². The van der Waals surface area contributed by atoms with E-state index in [0.29, 0.717) is 0 Å². The molecule has 0 saturated heterocycles. The summed E-state index contributed by atoms with van der Waals surface area (Å²) in [7, 11) is 0. The second kappa shape index (κ2) is 8.08. The van der Waals surface area contributed by atoms with E-state index in [1.807, 2.05) is 0 Å². The molecule has 0 saturated carbocycles. The zero-order valence-corrected chi connectivity index (χ0v) is 17.4. The summed E-state index contributed by atoms with van der Waals surface area (Å²) in [6, 6.07) is 33.0. The molecule has 138 valence electrons. The molecular formula is C27H24S. The molecule has 0 unspecified atom stereocenters. The van der Waals surface area contributed by atoms with Crippen LogP contribution in [0.2, 0.25) is 0 Å². The second-order valence-corrected chi connectivity index (χ2v) is 8.47. The Labute approximate surface area is 172 Å². The maximum Gasteiger partial charge on any atom is 0.0122 e. The zero-order valence-electron chi connectivity index (χ0n) is 16.6. The fourth-order valence-electron chi connectivity index (χ4n) is 3.31. The van der Waals surface area contributed by atoms with Crippen LogP contribution in [0.1, 0.15) is 16.7 Å². The Hall–Kier alpha value is -2.77. The zero-order chi connectivity index (χ0) is 19.5. The van der Waals surface area contributed by atoms with E-state index in [-0.39, 0.29) is 0 Å². The van der Waals surface area contributed by atoms with Crippen LogP contribution in [-0.2, 0) is 0 Å². The van der Waals surface area contributed by atoms with E-state index < -0.39 is 0 Å². The van der Waals surface area contributed by atoms with Crippen LogP contribution in [0.3, 0.4) is 0 Å². The highest BCUT2D eigenvalue weighted by Gasteiger charge is 2.03. The minimum atomic E-state index is 1.26. The van der Waals surface area contributed by atoms with Gasteiger partial charge in [0, 0.05) is 9.79 Å². The van der Waals surface area contributed by atoms with Crippen molar-refractivity contribution < 1.29 is 0 Å². The van der Waals surface area contributed by atoms with Gasteiger partial charge in [-0.15, -0.1) is 0 Å². The summed E-state index contributed by atoms with van der Waals surface area (Å²) in [4.78, 5) is 2.52. The third-order valence-corrected chi connectivity index (χ3v) is 6.15. The van der Waals surface area contributed by atoms with Gasteiger partial charge in [-0.3, -0.25) is 0 Å². The lowest BCUT2D eigenvalue weighted by atomic mass is 10.0. The lowest BCUT2D eigenvalue weighted by molar-refractivity contribution is 1.34. The SMILES string of the molecule is Cc1cccc(-c2ccc(Sc3ccc(-c4ccc(C)c(C)c4)cc3)cc2)c1. The van der Waals surface area contributed by atoms with Gasteiger partial charge >= 0.3 is 0 Å². The van der Waals surface area contributed by atoms with Crippen LogP contribution < -0.4 is 0 Å². The molecule has 0 heterocycles. The van der Waals surface area contributed by atoms with Crippen LogP contribution >= 0.6 is 11.8 Å². The molecular weight excluding hydrogens is 356 g/mol. The standard InChI is InChI=1S/C27H24S/c1-19-5-4-6-24(17-19)22-9-13-26(14-10-22)28-27-15-11-23(12-16-27)25-8-7-20(2)21(3)18-25/h4-18H,1-3H3. The minimum absolute atomic E-state index is 1.26. The van der Waals surface area contributed by atoms with Crippen LogP contribution in [0.15, 0.2) is 101 Å². The van der Waals surface area contributed by atoms with Gasteiger partial charge in [0.15, 0.2) is 0 Å². The van der Waals surface area contributed by atoms with Gasteiger partial charge in [-0.05, 0) is 78.4 Å². The van der Waals surface area contributed by atoms with Gasteiger partial charge in [-0.25, -0.2) is 0 Å². The topological polar surface area (TPSA) is 0 Å². The van der Waals surface area contributed by atoms with Crippen molar-refractivity contribution in [1.82, 2.24) is 0 Å². The van der Waals surface area contributed by atoms with Gasteiger partial charge in [0.05, 0.1) is 0 Å². The van der Waals surface area contributed by atoms with Gasteiger partial charge in [0.1, 0.15) is 0 Å². The van der Waals surface area contributed by atoms with Crippen molar-refractivity contribution in [3.05, 3.63) is 108 Å². The fourth-order valence-corrected chi connectivity index (χ4v) is 4.13. The molecule has 0 aliphatic carbocycles. The predicted octanol–water partition coefficient (Wildman–Crippen LogP) is 8.10. The van der Waals surface area contributed by atoms with E-state index in [0.717, 1.165) is 0 Å². The van der Waals surface area contributed by atoms with Crippen molar-refractivity contribution in [1.29, 1.82) is 0 Å². The Bertz CT molecular complexity index is 1090. The van der Waals surface area contributed by atoms with E-state index in [1.165, 1.54) is 48.7 Å². The molecule has 0 N–H and O–H groups in total. The highest BCUT2D eigenvalue weighted by molar-refractivity contribution is 7.99. The summed E-state index contributed by atoms with van der Waals surface area (Å²) in [5, 5.41) is 0. The Kier molecular flexibility index (Phi) is 5.36. The average molecular weight is 381 g/mol. The van der Waals surface area contributed by atoms with E-state index in [1.54, 1.807) is 11.8 Å². The number of hydrogen-bond donors (Lipinski definition) is 0. The lowest BCUT2D eigenvalue weighted by Crippen LogP contribution is -1.84. The molecule has 4 aromatic carbocycles. The molecule has 0 bridgehead atoms. The number of hydrogen-bond acceptors (Lipinski definition) is 1. The van der Waals surface area contributed by atoms with Crippen molar-refractivity contribution in [3.63, 3.8) is 0 Å². The Morgan fingerprint density at radius 3 is 1.54 bits per heavy atom. The Balaban J connectivity index is 1.49. The smallest absolute Gasteiger partial charge is 0.0122 e. The van der Waals surface area contributed by atoms with Crippen molar-refractivity contribution in [2.24, 2.45) is 0 Å². The maximum absolute atomic E-state index is 2.27. The quantitative estimate of drug-likeness (QED) is 0.344. The Morgan fingerprint density at radius 2 is 1.00 bits per heavy atom. The van der Waals surface area contributed by atoms with Crippen LogP contribution in [0.25, 0.3) is 22.3 Å². The lowest BCUT2D eigenvalue weighted by Gasteiger charge is -2.08. The van der Waals surface area contributed by atoms with Crippen molar-refractivity contribution in [2.75, 3.05) is 0 Å². The summed E-state index contributed by atoms with van der Waals surface area (Å²) in [5.74, 6) is 0. The first-order valence-electron chi connectivity index (χ1n) is 9.61. The number of rotatable bonds is 4. The molecule has 0 fully saturated rings. The predicted molar refractivity (Wildman–Crippen MR) is 122 cm³/mol. The number of aryl methyl sites for hydroxylation is 3. The normalized spacial score (nSPS) is 10.8. The summed E-state index contributed by atoms with van der Waals surface area (Å²) in [6.07, 6.45) is 0. The molecule has 0 nitrogen and oxygen atoms in total. The van der Waals surface area contributed by atoms with E-state index in [2.05, 4.69) is 112 Å². The molecule has 28 heavy (non-hydrogen) atoms. The third-order valence-electron chi connectivity index (χ3n) is 5.14. The largest absolute Gasteiger partial charge is 0.0901 e. The van der Waals surface area contributed by atoms with E-state index in [4.69, 9.17) is 0 Å². The number of benzene rings is 4. The first-order valence-corrected chi connectivity index (χ1v) is 10.4. The summed E-state index contributed by atoms with van der Waals surface area (Å²) < 4.78 is 0. The molecule has 0 aliphatic heterocycles. The first-order chi connectivity index (χ1) is 13.6. The maximum atomic E-state index is 2.27. The second-order valence-electron chi connectivity index (χ2n) is 7.32. The van der Waals surface area contributed by atoms with E-state index >= 15 is 0 Å². The molecule has 4 aromatic rings. The van der Waals surface area contributed by atoms with Gasteiger partial charge in [-0.1, -0.05) is 84.1 Å². The minimum Gasteiger partial charge on any atom is -0.0901 e. The van der Waals surface area contributed by atoms with Crippen LogP contribution in [-0.4, -0.2) is 0 Å². The summed E-state index contributed by atoms with van der Waals surface area (Å²) in [6.45, 7) is 6.46. The molecule has 0 aromatic heterocycles. The average Bonchev–Trinajstić information content (AvgIpc) is 2.71. The summed E-state index contributed by atoms with van der Waals surface area (Å²) >= 11 is 1.80. The molecule has 4 rings (SSSR count). The molecule has 0 aliphatic rings. The van der Waals surface area contributed by atoms with Crippen molar-refractivity contribution in [2.45, 2.75) is 30.6 Å². The van der Waals surface area contributed by atoms with E-state index in [9.17, 15) is 0 Å². The molecule has 0 amide bonds. The van der Waals surface area contributed by atoms with Crippen molar-refractivity contribution in [3.8, 4) is 22.3 Å². The van der Waals surface area contributed by atoms with Gasteiger partial charge in [0.25, 0.3) is 0 Å². The molecule has 1 heteroatoms. The van der Waals surface area contributed by atoms with Gasteiger partial charge in [-0.2, -0.15) is 0 Å². The van der Waals surface area contributed by atoms with Crippen LogP contribution in [0.4, 0.5) is 0 Å². The molecule has 0 radical (unpaired) electrons. The Morgan fingerprint density at radius 1 is 0.464 bits per heavy atom.